The molecule has 0 radical (unpaired) electrons. The molecule has 0 bridgehead atoms. The SMILES string of the molecule is COC(=O)[C@@H]1CCC(=S)N1C. The van der Waals surface area contributed by atoms with Gasteiger partial charge in [-0.3, -0.25) is 0 Å². The minimum Gasteiger partial charge on any atom is -0.467 e. The minimum atomic E-state index is -0.188. The first-order chi connectivity index (χ1) is 5.16. The van der Waals surface area contributed by atoms with Gasteiger partial charge in [-0.2, -0.15) is 0 Å². The van der Waals surface area contributed by atoms with E-state index >= 15 is 0 Å². The van der Waals surface area contributed by atoms with Crippen molar-refractivity contribution in [1.29, 1.82) is 0 Å². The van der Waals surface area contributed by atoms with Crippen LogP contribution in [0.1, 0.15) is 12.8 Å². The van der Waals surface area contributed by atoms with Crippen LogP contribution < -0.4 is 0 Å². The third-order valence-electron chi connectivity index (χ3n) is 1.97. The summed E-state index contributed by atoms with van der Waals surface area (Å²) in [7, 11) is 3.23. The second-order valence-electron chi connectivity index (χ2n) is 2.58. The molecule has 3 nitrogen and oxygen atoms in total. The molecule has 1 aliphatic heterocycles. The molecule has 0 aromatic heterocycles. The van der Waals surface area contributed by atoms with Crippen LogP contribution in [0.15, 0.2) is 0 Å². The van der Waals surface area contributed by atoms with Gasteiger partial charge in [-0.05, 0) is 6.42 Å². The number of carbonyl (C=O) groups is 1. The summed E-state index contributed by atoms with van der Waals surface area (Å²) >= 11 is 5.00. The zero-order valence-electron chi connectivity index (χ0n) is 6.66. The lowest BCUT2D eigenvalue weighted by Crippen LogP contribution is -2.35. The number of thiocarbonyl (C=S) groups is 1. The van der Waals surface area contributed by atoms with Crippen LogP contribution >= 0.6 is 12.2 Å². The van der Waals surface area contributed by atoms with E-state index in [1.807, 2.05) is 7.05 Å². The zero-order chi connectivity index (χ0) is 8.43. The number of hydrogen-bond acceptors (Lipinski definition) is 3. The average Bonchev–Trinajstić information content (AvgIpc) is 2.32. The Morgan fingerprint density at radius 2 is 2.45 bits per heavy atom. The number of rotatable bonds is 1. The van der Waals surface area contributed by atoms with Crippen molar-refractivity contribution in [3.63, 3.8) is 0 Å². The first kappa shape index (κ1) is 8.46. The average molecular weight is 173 g/mol. The number of nitrogens with zero attached hydrogens (tertiary/aromatic N) is 1. The maximum atomic E-state index is 11.0. The highest BCUT2D eigenvalue weighted by molar-refractivity contribution is 7.80. The molecule has 1 atom stereocenters. The molecular formula is C7H11NO2S. The van der Waals surface area contributed by atoms with Crippen molar-refractivity contribution in [3.05, 3.63) is 0 Å². The largest absolute Gasteiger partial charge is 0.467 e. The highest BCUT2D eigenvalue weighted by Crippen LogP contribution is 2.18. The Morgan fingerprint density at radius 3 is 2.82 bits per heavy atom. The van der Waals surface area contributed by atoms with E-state index in [9.17, 15) is 4.79 Å². The molecule has 0 spiro atoms. The van der Waals surface area contributed by atoms with Crippen LogP contribution in [0.4, 0.5) is 0 Å². The van der Waals surface area contributed by atoms with E-state index < -0.39 is 0 Å². The van der Waals surface area contributed by atoms with E-state index in [4.69, 9.17) is 12.2 Å². The molecule has 0 saturated carbocycles. The molecule has 1 fully saturated rings. The van der Waals surface area contributed by atoms with Crippen molar-refractivity contribution < 1.29 is 9.53 Å². The first-order valence-electron chi connectivity index (χ1n) is 3.50. The second-order valence-corrected chi connectivity index (χ2v) is 3.05. The number of likely N-dealkylation sites (N-methyl/N-ethyl adjacent to an activating group) is 1. The van der Waals surface area contributed by atoms with E-state index in [2.05, 4.69) is 4.74 Å². The molecule has 62 valence electrons. The Hall–Kier alpha value is -0.640. The topological polar surface area (TPSA) is 29.5 Å². The molecule has 11 heavy (non-hydrogen) atoms. The van der Waals surface area contributed by atoms with Crippen LogP contribution in [0.2, 0.25) is 0 Å². The highest BCUT2D eigenvalue weighted by Gasteiger charge is 2.31. The lowest BCUT2D eigenvalue weighted by atomic mass is 10.2. The normalized spacial score (nSPS) is 24.0. The van der Waals surface area contributed by atoms with Crippen LogP contribution in [-0.4, -0.2) is 36.1 Å². The maximum Gasteiger partial charge on any atom is 0.328 e. The Morgan fingerprint density at radius 1 is 1.82 bits per heavy atom. The quantitative estimate of drug-likeness (QED) is 0.428. The van der Waals surface area contributed by atoms with Crippen molar-refractivity contribution in [1.82, 2.24) is 4.90 Å². The Bertz CT molecular complexity index is 193. The van der Waals surface area contributed by atoms with E-state index in [-0.39, 0.29) is 12.0 Å². The van der Waals surface area contributed by atoms with Gasteiger partial charge in [0, 0.05) is 13.5 Å². The monoisotopic (exact) mass is 173 g/mol. The van der Waals surface area contributed by atoms with Crippen molar-refractivity contribution in [3.8, 4) is 0 Å². The van der Waals surface area contributed by atoms with Gasteiger partial charge in [-0.15, -0.1) is 0 Å². The van der Waals surface area contributed by atoms with E-state index in [0.717, 1.165) is 17.8 Å². The van der Waals surface area contributed by atoms with Crippen LogP contribution in [0.5, 0.6) is 0 Å². The molecule has 4 heteroatoms. The highest BCUT2D eigenvalue weighted by atomic mass is 32.1. The molecular weight excluding hydrogens is 162 g/mol. The summed E-state index contributed by atoms with van der Waals surface area (Å²) in [5.41, 5.74) is 0. The lowest BCUT2D eigenvalue weighted by Gasteiger charge is -2.18. The third kappa shape index (κ3) is 1.50. The molecule has 1 rings (SSSR count). The Balaban J connectivity index is 2.61. The molecule has 0 amide bonds. The fourth-order valence-corrected chi connectivity index (χ4v) is 1.46. The van der Waals surface area contributed by atoms with Crippen molar-refractivity contribution in [2.75, 3.05) is 14.2 Å². The van der Waals surface area contributed by atoms with Crippen molar-refractivity contribution in [2.24, 2.45) is 0 Å². The van der Waals surface area contributed by atoms with E-state index in [0.29, 0.717) is 0 Å². The summed E-state index contributed by atoms with van der Waals surface area (Å²) in [6, 6.07) is -0.146. The van der Waals surface area contributed by atoms with Gasteiger partial charge in [0.25, 0.3) is 0 Å². The summed E-state index contributed by atoms with van der Waals surface area (Å²) < 4.78 is 4.61. The number of carbonyl (C=O) groups excluding carboxylic acids is 1. The lowest BCUT2D eigenvalue weighted by molar-refractivity contribution is -0.144. The van der Waals surface area contributed by atoms with Gasteiger partial charge in [-0.25, -0.2) is 4.79 Å². The summed E-state index contributed by atoms with van der Waals surface area (Å²) in [4.78, 5) is 13.7. The summed E-state index contributed by atoms with van der Waals surface area (Å²) in [5, 5.41) is 0. The standard InChI is InChI=1S/C7H11NO2S/c1-8-5(7(9)10-2)3-4-6(8)11/h5H,3-4H2,1-2H3/t5-/m0/s1. The van der Waals surface area contributed by atoms with Gasteiger partial charge in [0.1, 0.15) is 6.04 Å². The number of esters is 1. The molecule has 0 aromatic rings. The summed E-state index contributed by atoms with van der Waals surface area (Å²) in [6.45, 7) is 0. The van der Waals surface area contributed by atoms with Gasteiger partial charge in [-0.1, -0.05) is 12.2 Å². The van der Waals surface area contributed by atoms with Crippen molar-refractivity contribution in [2.45, 2.75) is 18.9 Å². The summed E-state index contributed by atoms with van der Waals surface area (Å²) in [6.07, 6.45) is 1.62. The number of methoxy groups -OCH3 is 1. The minimum absolute atomic E-state index is 0.146. The number of hydrogen-bond donors (Lipinski definition) is 0. The molecule has 0 aromatic carbocycles. The van der Waals surface area contributed by atoms with Crippen molar-refractivity contribution >= 4 is 23.2 Å². The fraction of sp³-hybridized carbons (Fsp3) is 0.714. The fourth-order valence-electron chi connectivity index (χ4n) is 1.22. The molecule has 0 aliphatic carbocycles. The van der Waals surface area contributed by atoms with Gasteiger partial charge < -0.3 is 9.64 Å². The van der Waals surface area contributed by atoms with Crippen LogP contribution in [0, 0.1) is 0 Å². The predicted molar refractivity (Wildman–Crippen MR) is 45.4 cm³/mol. The number of ether oxygens (including phenoxy) is 1. The van der Waals surface area contributed by atoms with Crippen LogP contribution in [0.3, 0.4) is 0 Å². The van der Waals surface area contributed by atoms with Crippen LogP contribution in [-0.2, 0) is 9.53 Å². The second kappa shape index (κ2) is 3.17. The Kier molecular flexibility index (Phi) is 2.44. The number of likely N-dealkylation sites (tertiary alicyclic amines) is 1. The molecule has 1 heterocycles. The summed E-state index contributed by atoms with van der Waals surface area (Å²) in [5.74, 6) is -0.188. The van der Waals surface area contributed by atoms with E-state index in [1.54, 1.807) is 4.90 Å². The van der Waals surface area contributed by atoms with Gasteiger partial charge in [0.2, 0.25) is 0 Å². The predicted octanol–water partition coefficient (Wildman–Crippen LogP) is 0.581. The molecule has 1 saturated heterocycles. The van der Waals surface area contributed by atoms with E-state index in [1.165, 1.54) is 7.11 Å². The molecule has 0 N–H and O–H groups in total. The first-order valence-corrected chi connectivity index (χ1v) is 3.91. The maximum absolute atomic E-state index is 11.0. The third-order valence-corrected chi connectivity index (χ3v) is 2.46. The molecule has 0 unspecified atom stereocenters. The van der Waals surface area contributed by atoms with Gasteiger partial charge in [0.05, 0.1) is 12.1 Å². The smallest absolute Gasteiger partial charge is 0.328 e. The zero-order valence-corrected chi connectivity index (χ0v) is 7.48. The molecule has 1 aliphatic rings. The Labute approximate surface area is 71.3 Å². The van der Waals surface area contributed by atoms with Crippen LogP contribution in [0.25, 0.3) is 0 Å². The van der Waals surface area contributed by atoms with Gasteiger partial charge in [0.15, 0.2) is 0 Å². The van der Waals surface area contributed by atoms with Gasteiger partial charge >= 0.3 is 5.97 Å².